The topological polar surface area (TPSA) is 53.9 Å². The molecule has 0 bridgehead atoms. The third-order valence-corrected chi connectivity index (χ3v) is 2.92. The monoisotopic (exact) mass is 247 g/mol. The minimum absolute atomic E-state index is 0.433. The predicted octanol–water partition coefficient (Wildman–Crippen LogP) is 3.42. The molecule has 3 rings (SSSR count). The molecule has 0 radical (unpaired) electrons. The predicted molar refractivity (Wildman–Crippen MR) is 67.1 cm³/mol. The number of furan rings is 1. The van der Waals surface area contributed by atoms with Crippen LogP contribution in [0.2, 0.25) is 5.22 Å². The zero-order valence-electron chi connectivity index (χ0n) is 8.90. The second-order valence-corrected chi connectivity index (χ2v) is 4.03. The van der Waals surface area contributed by atoms with Crippen molar-refractivity contribution in [1.29, 1.82) is 0 Å². The lowest BCUT2D eigenvalue weighted by atomic mass is 10.2. The van der Waals surface area contributed by atoms with E-state index in [4.69, 9.17) is 16.0 Å². The quantitative estimate of drug-likeness (QED) is 0.746. The first-order valence-electron chi connectivity index (χ1n) is 5.23. The molecule has 0 spiro atoms. The van der Waals surface area contributed by atoms with Gasteiger partial charge in [0.25, 0.3) is 0 Å². The number of fused-ring (bicyclic) bond motifs is 1. The maximum atomic E-state index is 6.08. The maximum absolute atomic E-state index is 6.08. The molecular weight excluding hydrogens is 238 g/mol. The molecule has 0 fully saturated rings. The fourth-order valence-corrected chi connectivity index (χ4v) is 2.02. The highest BCUT2D eigenvalue weighted by molar-refractivity contribution is 6.30. The Morgan fingerprint density at radius 2 is 2.24 bits per heavy atom. The van der Waals surface area contributed by atoms with Crippen LogP contribution < -0.4 is 5.32 Å². The van der Waals surface area contributed by atoms with Crippen LogP contribution in [0.4, 0.5) is 5.69 Å². The van der Waals surface area contributed by atoms with E-state index in [-0.39, 0.29) is 0 Å². The van der Waals surface area contributed by atoms with Gasteiger partial charge in [0.1, 0.15) is 5.58 Å². The molecular formula is C12H10ClN3O. The zero-order valence-corrected chi connectivity index (χ0v) is 9.66. The van der Waals surface area contributed by atoms with E-state index in [2.05, 4.69) is 15.5 Å². The molecule has 0 unspecified atom stereocenters. The molecule has 2 aromatic heterocycles. The van der Waals surface area contributed by atoms with E-state index in [1.807, 2.05) is 24.3 Å². The van der Waals surface area contributed by atoms with Crippen LogP contribution in [0.25, 0.3) is 11.0 Å². The van der Waals surface area contributed by atoms with Crippen molar-refractivity contribution in [2.24, 2.45) is 0 Å². The van der Waals surface area contributed by atoms with Crippen molar-refractivity contribution < 1.29 is 4.42 Å². The second kappa shape index (κ2) is 4.14. The van der Waals surface area contributed by atoms with Gasteiger partial charge in [-0.2, -0.15) is 5.10 Å². The Kier molecular flexibility index (Phi) is 2.49. The van der Waals surface area contributed by atoms with Gasteiger partial charge in [-0.15, -0.1) is 0 Å². The van der Waals surface area contributed by atoms with Crippen LogP contribution in [0.15, 0.2) is 41.1 Å². The molecule has 4 nitrogen and oxygen atoms in total. The van der Waals surface area contributed by atoms with E-state index < -0.39 is 0 Å². The third kappa shape index (κ3) is 1.87. The fraction of sp³-hybridized carbons (Fsp3) is 0.0833. The minimum atomic E-state index is 0.433. The van der Waals surface area contributed by atoms with Crippen LogP contribution >= 0.6 is 11.6 Å². The Balaban J connectivity index is 1.92. The highest BCUT2D eigenvalue weighted by atomic mass is 35.5. The molecule has 0 aliphatic carbocycles. The van der Waals surface area contributed by atoms with Gasteiger partial charge in [0.15, 0.2) is 5.22 Å². The molecule has 86 valence electrons. The number of aromatic nitrogens is 2. The van der Waals surface area contributed by atoms with Crippen molar-refractivity contribution in [3.8, 4) is 0 Å². The average Bonchev–Trinajstić information content (AvgIpc) is 2.93. The Morgan fingerprint density at radius 3 is 3.06 bits per heavy atom. The normalized spacial score (nSPS) is 10.9. The molecule has 2 heterocycles. The first-order valence-corrected chi connectivity index (χ1v) is 5.61. The van der Waals surface area contributed by atoms with E-state index in [9.17, 15) is 0 Å². The fourth-order valence-electron chi connectivity index (χ4n) is 1.77. The Bertz CT molecular complexity index is 630. The molecule has 0 saturated carbocycles. The van der Waals surface area contributed by atoms with Gasteiger partial charge in [-0.1, -0.05) is 18.2 Å². The van der Waals surface area contributed by atoms with Crippen LogP contribution in [-0.4, -0.2) is 10.2 Å². The number of para-hydroxylation sites is 1. The summed E-state index contributed by atoms with van der Waals surface area (Å²) in [6.07, 6.45) is 3.51. The standard InChI is InChI=1S/C12H10ClN3O/c13-12-10(7-14-8-5-15-16-6-8)9-3-1-2-4-11(9)17-12/h1-6,14H,7H2,(H,15,16). The lowest BCUT2D eigenvalue weighted by molar-refractivity contribution is 0.613. The van der Waals surface area contributed by atoms with Gasteiger partial charge in [-0.3, -0.25) is 5.10 Å². The summed E-state index contributed by atoms with van der Waals surface area (Å²) in [4.78, 5) is 0. The van der Waals surface area contributed by atoms with Crippen molar-refractivity contribution in [3.63, 3.8) is 0 Å². The molecule has 5 heteroatoms. The molecule has 0 aliphatic heterocycles. The van der Waals surface area contributed by atoms with Crippen LogP contribution in [0.3, 0.4) is 0 Å². The highest BCUT2D eigenvalue weighted by Gasteiger charge is 2.11. The van der Waals surface area contributed by atoms with Gasteiger partial charge < -0.3 is 9.73 Å². The lowest BCUT2D eigenvalue weighted by Crippen LogP contribution is -1.97. The van der Waals surface area contributed by atoms with Gasteiger partial charge in [-0.25, -0.2) is 0 Å². The van der Waals surface area contributed by atoms with Gasteiger partial charge in [0, 0.05) is 23.7 Å². The Morgan fingerprint density at radius 1 is 1.35 bits per heavy atom. The number of anilines is 1. The largest absolute Gasteiger partial charge is 0.444 e. The van der Waals surface area contributed by atoms with Crippen molar-refractivity contribution in [2.45, 2.75) is 6.54 Å². The summed E-state index contributed by atoms with van der Waals surface area (Å²) in [6, 6.07) is 7.80. The van der Waals surface area contributed by atoms with Crippen molar-refractivity contribution in [2.75, 3.05) is 5.32 Å². The SMILES string of the molecule is Clc1oc2ccccc2c1CNc1cn[nH]c1. The van der Waals surface area contributed by atoms with Crippen molar-refractivity contribution in [1.82, 2.24) is 10.2 Å². The number of halogens is 1. The van der Waals surface area contributed by atoms with Gasteiger partial charge in [-0.05, 0) is 17.7 Å². The van der Waals surface area contributed by atoms with E-state index >= 15 is 0 Å². The minimum Gasteiger partial charge on any atom is -0.444 e. The average molecular weight is 248 g/mol. The Hall–Kier alpha value is -1.94. The molecule has 2 N–H and O–H groups in total. The van der Waals surface area contributed by atoms with Gasteiger partial charge in [0.2, 0.25) is 0 Å². The van der Waals surface area contributed by atoms with E-state index in [0.29, 0.717) is 11.8 Å². The highest BCUT2D eigenvalue weighted by Crippen LogP contribution is 2.29. The van der Waals surface area contributed by atoms with E-state index in [1.54, 1.807) is 12.4 Å². The van der Waals surface area contributed by atoms with Gasteiger partial charge in [0.05, 0.1) is 11.9 Å². The molecule has 17 heavy (non-hydrogen) atoms. The number of rotatable bonds is 3. The zero-order chi connectivity index (χ0) is 11.7. The van der Waals surface area contributed by atoms with Crippen molar-refractivity contribution in [3.05, 3.63) is 47.4 Å². The van der Waals surface area contributed by atoms with Crippen LogP contribution in [0, 0.1) is 0 Å². The van der Waals surface area contributed by atoms with Crippen molar-refractivity contribution >= 4 is 28.3 Å². The molecule has 0 saturated heterocycles. The van der Waals surface area contributed by atoms with E-state index in [1.165, 1.54) is 0 Å². The molecule has 0 atom stereocenters. The summed E-state index contributed by atoms with van der Waals surface area (Å²) in [6.45, 7) is 0.607. The lowest BCUT2D eigenvalue weighted by Gasteiger charge is -2.01. The summed E-state index contributed by atoms with van der Waals surface area (Å²) in [5.74, 6) is 0. The maximum Gasteiger partial charge on any atom is 0.199 e. The number of hydrogen-bond acceptors (Lipinski definition) is 3. The molecule has 0 aliphatic rings. The second-order valence-electron chi connectivity index (χ2n) is 3.69. The van der Waals surface area contributed by atoms with Gasteiger partial charge >= 0.3 is 0 Å². The summed E-state index contributed by atoms with van der Waals surface area (Å²) in [5.41, 5.74) is 2.69. The first-order chi connectivity index (χ1) is 8.34. The molecule has 3 aromatic rings. The van der Waals surface area contributed by atoms with Crippen LogP contribution in [-0.2, 0) is 6.54 Å². The number of H-pyrrole nitrogens is 1. The molecule has 0 amide bonds. The Labute approximate surface area is 103 Å². The smallest absolute Gasteiger partial charge is 0.199 e. The summed E-state index contributed by atoms with van der Waals surface area (Å²) >= 11 is 6.08. The summed E-state index contributed by atoms with van der Waals surface area (Å²) in [7, 11) is 0. The number of aromatic amines is 1. The first kappa shape index (κ1) is 10.2. The van der Waals surface area contributed by atoms with E-state index in [0.717, 1.165) is 22.2 Å². The number of nitrogens with zero attached hydrogens (tertiary/aromatic N) is 1. The number of nitrogens with one attached hydrogen (secondary N) is 2. The number of benzene rings is 1. The van der Waals surface area contributed by atoms with Crippen LogP contribution in [0.1, 0.15) is 5.56 Å². The molecule has 1 aromatic carbocycles. The number of hydrogen-bond donors (Lipinski definition) is 2. The summed E-state index contributed by atoms with van der Waals surface area (Å²) < 4.78 is 5.47. The third-order valence-electron chi connectivity index (χ3n) is 2.62. The van der Waals surface area contributed by atoms with Crippen LogP contribution in [0.5, 0.6) is 0 Å². The summed E-state index contributed by atoms with van der Waals surface area (Å²) in [5, 5.41) is 11.3.